The summed E-state index contributed by atoms with van der Waals surface area (Å²) in [6, 6.07) is 15.4. The number of aromatic nitrogens is 1. The molecule has 0 saturated heterocycles. The minimum absolute atomic E-state index is 0.00580. The van der Waals surface area contributed by atoms with Crippen LogP contribution in [0.1, 0.15) is 33.2 Å². The summed E-state index contributed by atoms with van der Waals surface area (Å²) in [7, 11) is 0. The molecule has 4 rings (SSSR count). The SMILES string of the molecule is CCOc1ccc(OCc2cccc(-n3c(N)c4c(cc3=O)C(=O)NC4=O)c2)cc1. The smallest absolute Gasteiger partial charge is 0.262 e. The van der Waals surface area contributed by atoms with Crippen molar-refractivity contribution in [3.05, 3.63) is 81.6 Å². The van der Waals surface area contributed by atoms with Gasteiger partial charge in [-0.15, -0.1) is 0 Å². The highest BCUT2D eigenvalue weighted by molar-refractivity contribution is 6.23. The van der Waals surface area contributed by atoms with Crippen molar-refractivity contribution in [3.8, 4) is 17.2 Å². The molecule has 1 aliphatic rings. The van der Waals surface area contributed by atoms with Crippen molar-refractivity contribution in [2.75, 3.05) is 12.3 Å². The van der Waals surface area contributed by atoms with Crippen LogP contribution in [0.5, 0.6) is 11.5 Å². The molecule has 1 aromatic heterocycles. The monoisotopic (exact) mass is 405 g/mol. The van der Waals surface area contributed by atoms with Crippen LogP contribution in [0.3, 0.4) is 0 Å². The highest BCUT2D eigenvalue weighted by atomic mass is 16.5. The standard InChI is InChI=1S/C22H19N3O5/c1-2-29-15-6-8-16(9-7-15)30-12-13-4-3-5-14(10-13)25-18(26)11-17-19(20(25)23)22(28)24-21(17)27/h3-11H,2,12,23H2,1H3,(H,24,27,28). The van der Waals surface area contributed by atoms with Crippen LogP contribution in [0.25, 0.3) is 5.69 Å². The molecular weight excluding hydrogens is 386 g/mol. The van der Waals surface area contributed by atoms with Crippen LogP contribution >= 0.6 is 0 Å². The van der Waals surface area contributed by atoms with Gasteiger partial charge in [0.1, 0.15) is 23.9 Å². The summed E-state index contributed by atoms with van der Waals surface area (Å²) in [4.78, 5) is 36.4. The zero-order valence-electron chi connectivity index (χ0n) is 16.2. The number of nitrogens with two attached hydrogens (primary N) is 1. The van der Waals surface area contributed by atoms with Gasteiger partial charge in [0, 0.05) is 6.07 Å². The van der Waals surface area contributed by atoms with Crippen molar-refractivity contribution in [3.63, 3.8) is 0 Å². The Balaban J connectivity index is 1.60. The number of hydrogen-bond donors (Lipinski definition) is 2. The number of anilines is 1. The van der Waals surface area contributed by atoms with Crippen LogP contribution in [0.4, 0.5) is 5.82 Å². The molecule has 2 heterocycles. The van der Waals surface area contributed by atoms with Gasteiger partial charge >= 0.3 is 0 Å². The van der Waals surface area contributed by atoms with Crippen molar-refractivity contribution >= 4 is 17.6 Å². The number of carbonyl (C=O) groups is 2. The maximum atomic E-state index is 12.6. The lowest BCUT2D eigenvalue weighted by Gasteiger charge is -2.13. The summed E-state index contributed by atoms with van der Waals surface area (Å²) in [6.45, 7) is 2.77. The number of amides is 2. The van der Waals surface area contributed by atoms with Gasteiger partial charge in [0.15, 0.2) is 0 Å². The van der Waals surface area contributed by atoms with Gasteiger partial charge in [-0.3, -0.25) is 24.3 Å². The number of nitrogens with one attached hydrogen (secondary N) is 1. The number of nitrogen functional groups attached to an aromatic ring is 1. The van der Waals surface area contributed by atoms with Crippen molar-refractivity contribution in [2.24, 2.45) is 0 Å². The minimum atomic E-state index is -0.622. The molecular formula is C22H19N3O5. The molecule has 3 aromatic rings. The lowest BCUT2D eigenvalue weighted by Crippen LogP contribution is -2.24. The predicted molar refractivity (Wildman–Crippen MR) is 110 cm³/mol. The molecule has 152 valence electrons. The van der Waals surface area contributed by atoms with E-state index in [9.17, 15) is 14.4 Å². The molecule has 1 aliphatic heterocycles. The van der Waals surface area contributed by atoms with Crippen molar-refractivity contribution < 1.29 is 19.1 Å². The fourth-order valence-electron chi connectivity index (χ4n) is 3.30. The summed E-state index contributed by atoms with van der Waals surface area (Å²) >= 11 is 0. The Kier molecular flexibility index (Phi) is 4.97. The molecule has 30 heavy (non-hydrogen) atoms. The Morgan fingerprint density at radius 3 is 2.33 bits per heavy atom. The van der Waals surface area contributed by atoms with E-state index in [-0.39, 0.29) is 23.6 Å². The first kappa shape index (κ1) is 19.3. The predicted octanol–water partition coefficient (Wildman–Crippen LogP) is 2.28. The van der Waals surface area contributed by atoms with Crippen LogP contribution in [0.15, 0.2) is 59.4 Å². The Morgan fingerprint density at radius 1 is 0.933 bits per heavy atom. The van der Waals surface area contributed by atoms with E-state index in [2.05, 4.69) is 5.32 Å². The molecule has 8 nitrogen and oxygen atoms in total. The van der Waals surface area contributed by atoms with Crippen LogP contribution in [0.2, 0.25) is 0 Å². The lowest BCUT2D eigenvalue weighted by molar-refractivity contribution is 0.0880. The number of rotatable bonds is 6. The van der Waals surface area contributed by atoms with Crippen molar-refractivity contribution in [2.45, 2.75) is 13.5 Å². The largest absolute Gasteiger partial charge is 0.494 e. The molecule has 0 atom stereocenters. The molecule has 0 fully saturated rings. The third-order valence-corrected chi connectivity index (χ3v) is 4.66. The number of benzene rings is 2. The third kappa shape index (κ3) is 3.50. The summed E-state index contributed by atoms with van der Waals surface area (Å²) in [5, 5.41) is 2.15. The first-order chi connectivity index (χ1) is 14.5. The van der Waals surface area contributed by atoms with Crippen molar-refractivity contribution in [1.29, 1.82) is 0 Å². The average Bonchev–Trinajstić information content (AvgIpc) is 3.01. The number of fused-ring (bicyclic) bond motifs is 1. The van der Waals surface area contributed by atoms with Crippen molar-refractivity contribution in [1.82, 2.24) is 9.88 Å². The highest BCUT2D eigenvalue weighted by Crippen LogP contribution is 2.24. The molecule has 0 radical (unpaired) electrons. The molecule has 8 heteroatoms. The fraction of sp³-hybridized carbons (Fsp3) is 0.136. The second kappa shape index (κ2) is 7.75. The number of imide groups is 1. The Hall–Kier alpha value is -4.07. The first-order valence-corrected chi connectivity index (χ1v) is 9.34. The number of nitrogens with zero attached hydrogens (tertiary/aromatic N) is 1. The number of hydrogen-bond acceptors (Lipinski definition) is 6. The van der Waals surface area contributed by atoms with E-state index in [1.54, 1.807) is 18.2 Å². The Morgan fingerprint density at radius 2 is 1.63 bits per heavy atom. The molecule has 0 bridgehead atoms. The third-order valence-electron chi connectivity index (χ3n) is 4.66. The Bertz CT molecular complexity index is 1200. The van der Waals surface area contributed by atoms with E-state index in [4.69, 9.17) is 15.2 Å². The number of carbonyl (C=O) groups excluding carboxylic acids is 2. The second-order valence-electron chi connectivity index (χ2n) is 6.64. The normalized spacial score (nSPS) is 12.4. The summed E-state index contributed by atoms with van der Waals surface area (Å²) in [5.74, 6) is 0.124. The van der Waals surface area contributed by atoms with E-state index in [1.807, 2.05) is 37.3 Å². The van der Waals surface area contributed by atoms with E-state index >= 15 is 0 Å². The van der Waals surface area contributed by atoms with Crippen LogP contribution in [0, 0.1) is 0 Å². The molecule has 3 N–H and O–H groups in total. The molecule has 2 aromatic carbocycles. The van der Waals surface area contributed by atoms with Gasteiger partial charge in [0.25, 0.3) is 17.4 Å². The lowest BCUT2D eigenvalue weighted by atomic mass is 10.1. The summed E-state index contributed by atoms with van der Waals surface area (Å²) in [6.07, 6.45) is 0. The fourth-order valence-corrected chi connectivity index (χ4v) is 3.30. The quantitative estimate of drug-likeness (QED) is 0.609. The van der Waals surface area contributed by atoms with Gasteiger partial charge in [0.2, 0.25) is 0 Å². The summed E-state index contributed by atoms with van der Waals surface area (Å²) < 4.78 is 12.4. The van der Waals surface area contributed by atoms with Gasteiger partial charge < -0.3 is 15.2 Å². The van der Waals surface area contributed by atoms with Gasteiger partial charge in [-0.25, -0.2) is 0 Å². The van der Waals surface area contributed by atoms with Gasteiger partial charge in [0.05, 0.1) is 23.4 Å². The molecule has 0 spiro atoms. The number of ether oxygens (including phenoxy) is 2. The van der Waals surface area contributed by atoms with Gasteiger partial charge in [-0.1, -0.05) is 12.1 Å². The summed E-state index contributed by atoms with van der Waals surface area (Å²) in [5.41, 5.74) is 6.86. The zero-order valence-corrected chi connectivity index (χ0v) is 16.2. The highest BCUT2D eigenvalue weighted by Gasteiger charge is 2.31. The molecule has 0 aliphatic carbocycles. The van der Waals surface area contributed by atoms with Crippen LogP contribution in [-0.2, 0) is 6.61 Å². The second-order valence-corrected chi connectivity index (χ2v) is 6.64. The van der Waals surface area contributed by atoms with Gasteiger partial charge in [-0.05, 0) is 48.9 Å². The minimum Gasteiger partial charge on any atom is -0.494 e. The maximum Gasteiger partial charge on any atom is 0.262 e. The van der Waals surface area contributed by atoms with E-state index in [1.165, 1.54) is 4.57 Å². The molecule has 2 amide bonds. The van der Waals surface area contributed by atoms with Crippen LogP contribution < -0.4 is 26.1 Å². The first-order valence-electron chi connectivity index (χ1n) is 9.34. The maximum absolute atomic E-state index is 12.6. The van der Waals surface area contributed by atoms with E-state index in [0.29, 0.717) is 18.0 Å². The van der Waals surface area contributed by atoms with Crippen LogP contribution in [-0.4, -0.2) is 23.0 Å². The number of pyridine rings is 1. The topological polar surface area (TPSA) is 113 Å². The molecule has 0 saturated carbocycles. The van der Waals surface area contributed by atoms with E-state index < -0.39 is 17.4 Å². The average molecular weight is 405 g/mol. The van der Waals surface area contributed by atoms with Gasteiger partial charge in [-0.2, -0.15) is 0 Å². The molecule has 0 unspecified atom stereocenters. The Labute approximate surface area is 171 Å². The zero-order chi connectivity index (χ0) is 21.3. The van der Waals surface area contributed by atoms with E-state index in [0.717, 1.165) is 17.4 Å².